The van der Waals surface area contributed by atoms with Crippen molar-refractivity contribution in [3.05, 3.63) is 0 Å². The summed E-state index contributed by atoms with van der Waals surface area (Å²) in [4.78, 5) is 34.7. The number of likely N-dealkylation sites (N-methyl/N-ethyl adjacent to an activating group) is 1. The van der Waals surface area contributed by atoms with Gasteiger partial charge in [0.05, 0.1) is 7.11 Å². The van der Waals surface area contributed by atoms with Gasteiger partial charge in [0.2, 0.25) is 0 Å². The molecule has 0 atom stereocenters. The molecule has 0 bridgehead atoms. The predicted octanol–water partition coefficient (Wildman–Crippen LogP) is 0.0541. The number of urea groups is 1. The molecule has 0 fully saturated rings. The number of carbonyl (C=O) groups excluding carboxylic acids is 2. The Bertz CT molecular complexity index is 314. The highest BCUT2D eigenvalue weighted by Gasteiger charge is 2.36. The highest BCUT2D eigenvalue weighted by molar-refractivity contribution is 5.87. The maximum Gasteiger partial charge on any atom is 0.329 e. The predicted molar refractivity (Wildman–Crippen MR) is 59.5 cm³/mol. The molecule has 98 valence electrons. The van der Waals surface area contributed by atoms with Gasteiger partial charge in [-0.05, 0) is 20.8 Å². The lowest BCUT2D eigenvalue weighted by atomic mass is 10.0. The second-order valence-electron chi connectivity index (χ2n) is 3.84. The van der Waals surface area contributed by atoms with Crippen molar-refractivity contribution in [2.45, 2.75) is 26.3 Å². The number of hydrogen-bond donors (Lipinski definition) is 2. The summed E-state index contributed by atoms with van der Waals surface area (Å²) < 4.78 is 4.36. The van der Waals surface area contributed by atoms with E-state index >= 15 is 0 Å². The fraction of sp³-hybridized carbons (Fsp3) is 0.700. The molecule has 0 aromatic heterocycles. The molecule has 0 spiro atoms. The van der Waals surface area contributed by atoms with Crippen molar-refractivity contribution in [3.63, 3.8) is 0 Å². The van der Waals surface area contributed by atoms with Crippen LogP contribution in [0.1, 0.15) is 20.8 Å². The Morgan fingerprint density at radius 2 is 1.88 bits per heavy atom. The summed E-state index contributed by atoms with van der Waals surface area (Å²) in [7, 11) is 1.20. The minimum Gasteiger partial charge on any atom is -0.480 e. The summed E-state index contributed by atoms with van der Waals surface area (Å²) in [5.74, 6) is -1.71. The molecule has 0 heterocycles. The van der Waals surface area contributed by atoms with Crippen molar-refractivity contribution in [2.75, 3.05) is 20.2 Å². The second kappa shape index (κ2) is 6.07. The lowest BCUT2D eigenvalue weighted by Crippen LogP contribution is -2.56. The van der Waals surface area contributed by atoms with Crippen molar-refractivity contribution in [1.82, 2.24) is 10.2 Å². The maximum absolute atomic E-state index is 11.7. The Hall–Kier alpha value is -1.79. The van der Waals surface area contributed by atoms with Gasteiger partial charge in [0, 0.05) is 6.54 Å². The molecule has 0 aliphatic carbocycles. The van der Waals surface area contributed by atoms with Crippen molar-refractivity contribution in [3.8, 4) is 0 Å². The molecule has 2 N–H and O–H groups in total. The monoisotopic (exact) mass is 246 g/mol. The van der Waals surface area contributed by atoms with Crippen LogP contribution in [0.3, 0.4) is 0 Å². The Labute approximate surface area is 99.7 Å². The average molecular weight is 246 g/mol. The number of carboxylic acid groups (broad SMARTS) is 1. The van der Waals surface area contributed by atoms with E-state index < -0.39 is 23.5 Å². The molecule has 7 nitrogen and oxygen atoms in total. The Balaban J connectivity index is 4.62. The minimum absolute atomic E-state index is 0.215. The van der Waals surface area contributed by atoms with Gasteiger partial charge in [-0.25, -0.2) is 9.59 Å². The van der Waals surface area contributed by atoms with Crippen LogP contribution in [0.25, 0.3) is 0 Å². The zero-order valence-electron chi connectivity index (χ0n) is 10.4. The third-order valence-electron chi connectivity index (χ3n) is 2.37. The van der Waals surface area contributed by atoms with Gasteiger partial charge in [0.15, 0.2) is 0 Å². The largest absolute Gasteiger partial charge is 0.480 e. The van der Waals surface area contributed by atoms with E-state index in [1.807, 2.05) is 0 Å². The molecule has 7 heteroatoms. The molecule has 0 aromatic rings. The van der Waals surface area contributed by atoms with Crippen LogP contribution in [0.2, 0.25) is 0 Å². The van der Waals surface area contributed by atoms with Crippen molar-refractivity contribution >= 4 is 18.0 Å². The maximum atomic E-state index is 11.7. The summed E-state index contributed by atoms with van der Waals surface area (Å²) in [5.41, 5.74) is -1.34. The Morgan fingerprint density at radius 3 is 2.24 bits per heavy atom. The van der Waals surface area contributed by atoms with Gasteiger partial charge in [-0.15, -0.1) is 0 Å². The van der Waals surface area contributed by atoms with Crippen LogP contribution in [0.15, 0.2) is 0 Å². The third-order valence-corrected chi connectivity index (χ3v) is 2.37. The molecule has 17 heavy (non-hydrogen) atoms. The van der Waals surface area contributed by atoms with E-state index in [-0.39, 0.29) is 13.1 Å². The van der Waals surface area contributed by atoms with Gasteiger partial charge in [-0.1, -0.05) is 0 Å². The summed E-state index contributed by atoms with van der Waals surface area (Å²) in [6, 6.07) is -0.620. The minimum atomic E-state index is -1.34. The van der Waals surface area contributed by atoms with E-state index in [9.17, 15) is 14.4 Å². The molecule has 0 saturated heterocycles. The zero-order valence-corrected chi connectivity index (χ0v) is 10.4. The SMILES string of the molecule is CCN(C(=O)NCC(=O)OC)C(C)(C)C(=O)O. The van der Waals surface area contributed by atoms with Crippen molar-refractivity contribution in [2.24, 2.45) is 0 Å². The van der Waals surface area contributed by atoms with Gasteiger partial charge in [-0.2, -0.15) is 0 Å². The fourth-order valence-corrected chi connectivity index (χ4v) is 1.22. The van der Waals surface area contributed by atoms with E-state index in [0.29, 0.717) is 0 Å². The normalized spacial score (nSPS) is 10.6. The van der Waals surface area contributed by atoms with Crippen molar-refractivity contribution < 1.29 is 24.2 Å². The van der Waals surface area contributed by atoms with E-state index in [2.05, 4.69) is 10.1 Å². The summed E-state index contributed by atoms with van der Waals surface area (Å²) in [5, 5.41) is 11.3. The van der Waals surface area contributed by atoms with E-state index in [1.165, 1.54) is 21.0 Å². The molecule has 0 radical (unpaired) electrons. The first-order valence-corrected chi connectivity index (χ1v) is 5.13. The number of methoxy groups -OCH3 is 1. The molecule has 0 rings (SSSR count). The van der Waals surface area contributed by atoms with Crippen LogP contribution >= 0.6 is 0 Å². The van der Waals surface area contributed by atoms with Gasteiger partial charge >= 0.3 is 18.0 Å². The van der Waals surface area contributed by atoms with Gasteiger partial charge < -0.3 is 20.1 Å². The first-order valence-electron chi connectivity index (χ1n) is 5.13. The van der Waals surface area contributed by atoms with E-state index in [0.717, 1.165) is 4.90 Å². The summed E-state index contributed by atoms with van der Waals surface area (Å²) in [6.07, 6.45) is 0. The van der Waals surface area contributed by atoms with Crippen molar-refractivity contribution in [1.29, 1.82) is 0 Å². The van der Waals surface area contributed by atoms with Crippen LogP contribution in [-0.2, 0) is 14.3 Å². The zero-order chi connectivity index (χ0) is 13.6. The summed E-state index contributed by atoms with van der Waals surface area (Å²) >= 11 is 0. The quantitative estimate of drug-likeness (QED) is 0.668. The average Bonchev–Trinajstić information content (AvgIpc) is 2.26. The standard InChI is InChI=1S/C10H18N2O5/c1-5-12(10(2,3)8(14)15)9(16)11-6-7(13)17-4/h5-6H2,1-4H3,(H,11,16)(H,14,15). The number of aliphatic carboxylic acids is 1. The van der Waals surface area contributed by atoms with Gasteiger partial charge in [-0.3, -0.25) is 4.79 Å². The number of nitrogens with one attached hydrogen (secondary N) is 1. The Morgan fingerprint density at radius 1 is 1.35 bits per heavy atom. The lowest BCUT2D eigenvalue weighted by Gasteiger charge is -2.33. The van der Waals surface area contributed by atoms with E-state index in [1.54, 1.807) is 6.92 Å². The molecule has 0 aromatic carbocycles. The highest BCUT2D eigenvalue weighted by Crippen LogP contribution is 2.14. The van der Waals surface area contributed by atoms with E-state index in [4.69, 9.17) is 5.11 Å². The van der Waals surface area contributed by atoms with Gasteiger partial charge in [0.25, 0.3) is 0 Å². The number of ether oxygens (including phenoxy) is 1. The molecule has 0 saturated carbocycles. The van der Waals surface area contributed by atoms with Crippen LogP contribution in [-0.4, -0.2) is 53.7 Å². The highest BCUT2D eigenvalue weighted by atomic mass is 16.5. The number of rotatable bonds is 5. The van der Waals surface area contributed by atoms with Gasteiger partial charge in [0.1, 0.15) is 12.1 Å². The fourth-order valence-electron chi connectivity index (χ4n) is 1.22. The molecule has 0 aliphatic rings. The number of hydrogen-bond acceptors (Lipinski definition) is 4. The molecule has 0 unspecified atom stereocenters. The number of carboxylic acids is 1. The first kappa shape index (κ1) is 15.2. The number of carbonyl (C=O) groups is 3. The number of esters is 1. The summed E-state index contributed by atoms with van der Waals surface area (Å²) in [6.45, 7) is 4.41. The molecule has 0 aliphatic heterocycles. The number of amides is 2. The first-order chi connectivity index (χ1) is 7.77. The van der Waals surface area contributed by atoms with Crippen LogP contribution in [0, 0.1) is 0 Å². The molecule has 2 amide bonds. The van der Waals surface area contributed by atoms with Crippen LogP contribution < -0.4 is 5.32 Å². The van der Waals surface area contributed by atoms with Crippen LogP contribution in [0.4, 0.5) is 4.79 Å². The smallest absolute Gasteiger partial charge is 0.329 e. The van der Waals surface area contributed by atoms with Crippen LogP contribution in [0.5, 0.6) is 0 Å². The third kappa shape index (κ3) is 3.93. The topological polar surface area (TPSA) is 95.9 Å². The molecular weight excluding hydrogens is 228 g/mol. The molecular formula is C10H18N2O5. The number of nitrogens with zero attached hydrogens (tertiary/aromatic N) is 1. The Kier molecular flexibility index (Phi) is 5.43. The second-order valence-corrected chi connectivity index (χ2v) is 3.84. The lowest BCUT2D eigenvalue weighted by molar-refractivity contribution is -0.147.